The van der Waals surface area contributed by atoms with Gasteiger partial charge in [0.2, 0.25) is 5.91 Å². The lowest BCUT2D eigenvalue weighted by molar-refractivity contribution is -0.122. The average molecular weight is 497 g/mol. The molecule has 0 radical (unpaired) electrons. The van der Waals surface area contributed by atoms with Crippen molar-refractivity contribution in [3.05, 3.63) is 63.5 Å². The van der Waals surface area contributed by atoms with Gasteiger partial charge in [-0.15, -0.1) is 0 Å². The second-order valence-corrected chi connectivity index (χ2v) is 8.95. The highest BCUT2D eigenvalue weighted by atomic mass is 35.5. The van der Waals surface area contributed by atoms with Gasteiger partial charge in [-0.2, -0.15) is 8.78 Å². The Bertz CT molecular complexity index is 1080. The zero-order valence-corrected chi connectivity index (χ0v) is 19.3. The molecule has 32 heavy (non-hydrogen) atoms. The number of benzene rings is 2. The van der Waals surface area contributed by atoms with Crippen LogP contribution < -0.4 is 10.1 Å². The van der Waals surface area contributed by atoms with Crippen molar-refractivity contribution in [3.8, 4) is 5.75 Å². The Balaban J connectivity index is 1.58. The second kappa shape index (κ2) is 10.9. The fourth-order valence-corrected chi connectivity index (χ4v) is 4.41. The number of para-hydroxylation sites is 1. The van der Waals surface area contributed by atoms with Crippen LogP contribution >= 0.6 is 35.6 Å². The largest absolute Gasteiger partial charge is 0.434 e. The first-order valence-corrected chi connectivity index (χ1v) is 11.2. The minimum atomic E-state index is -2.97. The predicted molar refractivity (Wildman–Crippen MR) is 127 cm³/mol. The summed E-state index contributed by atoms with van der Waals surface area (Å²) in [5, 5.41) is 3.33. The number of nitrogens with one attached hydrogen (secondary N) is 1. The van der Waals surface area contributed by atoms with Gasteiger partial charge >= 0.3 is 6.61 Å². The molecule has 0 bridgehead atoms. The molecule has 0 aliphatic carbocycles. The molecule has 168 valence electrons. The molecule has 1 heterocycles. The SMILES string of the molecule is Cc1ccc(NC(=O)CCCN2C(=O)/C(=C\c3ccccc3OC(F)F)SC2=S)cc1Cl. The maximum absolute atomic E-state index is 12.7. The molecule has 2 aromatic rings. The predicted octanol–water partition coefficient (Wildman–Crippen LogP) is 5.87. The van der Waals surface area contributed by atoms with Gasteiger partial charge in [-0.3, -0.25) is 14.5 Å². The number of carbonyl (C=O) groups is 2. The fraction of sp³-hybridized carbons (Fsp3) is 0.227. The van der Waals surface area contributed by atoms with Crippen LogP contribution in [0, 0.1) is 6.92 Å². The number of anilines is 1. The molecule has 0 spiro atoms. The quantitative estimate of drug-likeness (QED) is 0.366. The molecule has 0 saturated carbocycles. The average Bonchev–Trinajstić information content (AvgIpc) is 2.99. The third-order valence-corrected chi connectivity index (χ3v) is 6.32. The fourth-order valence-electron chi connectivity index (χ4n) is 2.93. The van der Waals surface area contributed by atoms with E-state index in [-0.39, 0.29) is 30.5 Å². The van der Waals surface area contributed by atoms with Crippen LogP contribution in [-0.2, 0) is 9.59 Å². The number of halogens is 3. The lowest BCUT2D eigenvalue weighted by atomic mass is 10.2. The molecule has 1 saturated heterocycles. The van der Waals surface area contributed by atoms with Crippen molar-refractivity contribution >= 4 is 63.5 Å². The van der Waals surface area contributed by atoms with Crippen molar-refractivity contribution < 1.29 is 23.1 Å². The third-order valence-electron chi connectivity index (χ3n) is 4.54. The minimum absolute atomic E-state index is 0.0272. The lowest BCUT2D eigenvalue weighted by Gasteiger charge is -2.14. The molecule has 10 heteroatoms. The standard InChI is InChI=1S/C22H19ClF2N2O3S2/c1-13-8-9-15(12-16(13)23)26-19(28)7-4-10-27-20(29)18(32-22(27)31)11-14-5-2-3-6-17(14)30-21(24)25/h2-3,5-6,8-9,11-12,21H,4,7,10H2,1H3,(H,26,28)/b18-11+. The van der Waals surface area contributed by atoms with Gasteiger partial charge < -0.3 is 10.1 Å². The summed E-state index contributed by atoms with van der Waals surface area (Å²) in [5.41, 5.74) is 1.86. The second-order valence-electron chi connectivity index (χ2n) is 6.87. The van der Waals surface area contributed by atoms with Crippen LogP contribution in [0.25, 0.3) is 6.08 Å². The molecule has 2 amide bonds. The highest BCUT2D eigenvalue weighted by Gasteiger charge is 2.32. The lowest BCUT2D eigenvalue weighted by Crippen LogP contribution is -2.29. The zero-order valence-electron chi connectivity index (χ0n) is 16.9. The number of rotatable bonds is 8. The topological polar surface area (TPSA) is 58.6 Å². The number of carbonyl (C=O) groups excluding carboxylic acids is 2. The number of nitrogens with zero attached hydrogens (tertiary/aromatic N) is 1. The molecule has 2 aromatic carbocycles. The molecular weight excluding hydrogens is 478 g/mol. The number of ether oxygens (including phenoxy) is 1. The van der Waals surface area contributed by atoms with Crippen molar-refractivity contribution in [2.45, 2.75) is 26.4 Å². The number of thiocarbonyl (C=S) groups is 1. The minimum Gasteiger partial charge on any atom is -0.434 e. The van der Waals surface area contributed by atoms with E-state index >= 15 is 0 Å². The first kappa shape index (κ1) is 24.2. The monoisotopic (exact) mass is 496 g/mol. The van der Waals surface area contributed by atoms with Crippen LogP contribution in [0.2, 0.25) is 5.02 Å². The number of aryl methyl sites for hydroxylation is 1. The Morgan fingerprint density at radius 2 is 2.06 bits per heavy atom. The van der Waals surface area contributed by atoms with Gasteiger partial charge in [-0.05, 0) is 43.2 Å². The highest BCUT2D eigenvalue weighted by molar-refractivity contribution is 8.26. The molecule has 5 nitrogen and oxygen atoms in total. The zero-order chi connectivity index (χ0) is 23.3. The Labute approximate surface area is 198 Å². The molecule has 1 N–H and O–H groups in total. The van der Waals surface area contributed by atoms with E-state index in [4.69, 9.17) is 23.8 Å². The van der Waals surface area contributed by atoms with Crippen molar-refractivity contribution in [1.29, 1.82) is 0 Å². The smallest absolute Gasteiger partial charge is 0.387 e. The van der Waals surface area contributed by atoms with Crippen LogP contribution in [0.3, 0.4) is 0 Å². The first-order chi connectivity index (χ1) is 15.2. The third kappa shape index (κ3) is 6.27. The van der Waals surface area contributed by atoms with E-state index in [2.05, 4.69) is 10.1 Å². The summed E-state index contributed by atoms with van der Waals surface area (Å²) in [5.74, 6) is -0.567. The maximum atomic E-state index is 12.7. The van der Waals surface area contributed by atoms with Crippen LogP contribution in [0.1, 0.15) is 24.0 Å². The molecule has 0 aromatic heterocycles. The summed E-state index contributed by atoms with van der Waals surface area (Å²) in [7, 11) is 0. The first-order valence-electron chi connectivity index (χ1n) is 9.60. The van der Waals surface area contributed by atoms with E-state index in [1.165, 1.54) is 17.0 Å². The molecule has 1 aliphatic heterocycles. The molecule has 1 fully saturated rings. The van der Waals surface area contributed by atoms with Gasteiger partial charge in [-0.1, -0.05) is 59.8 Å². The van der Waals surface area contributed by atoms with Gasteiger partial charge in [0, 0.05) is 29.2 Å². The van der Waals surface area contributed by atoms with Gasteiger partial charge in [0.1, 0.15) is 10.1 Å². The molecule has 0 unspecified atom stereocenters. The molecular formula is C22H19ClF2N2O3S2. The van der Waals surface area contributed by atoms with E-state index < -0.39 is 6.61 Å². The number of alkyl halides is 2. The van der Waals surface area contributed by atoms with Crippen LogP contribution in [0.5, 0.6) is 5.75 Å². The molecule has 3 rings (SSSR count). The summed E-state index contributed by atoms with van der Waals surface area (Å²) in [6.45, 7) is -0.838. The van der Waals surface area contributed by atoms with E-state index in [1.807, 2.05) is 13.0 Å². The van der Waals surface area contributed by atoms with Gasteiger partial charge in [0.25, 0.3) is 5.91 Å². The Kier molecular flexibility index (Phi) is 8.22. The number of hydrogen-bond acceptors (Lipinski definition) is 5. The Morgan fingerprint density at radius 1 is 1.31 bits per heavy atom. The molecule has 0 atom stereocenters. The Morgan fingerprint density at radius 3 is 2.78 bits per heavy atom. The van der Waals surface area contributed by atoms with Crippen molar-refractivity contribution in [2.75, 3.05) is 11.9 Å². The normalized spacial score (nSPS) is 15.0. The summed E-state index contributed by atoms with van der Waals surface area (Å²) in [6.07, 6.45) is 2.06. The van der Waals surface area contributed by atoms with Gasteiger partial charge in [0.05, 0.1) is 4.91 Å². The van der Waals surface area contributed by atoms with Crippen LogP contribution in [0.15, 0.2) is 47.4 Å². The van der Waals surface area contributed by atoms with Crippen molar-refractivity contribution in [3.63, 3.8) is 0 Å². The summed E-state index contributed by atoms with van der Waals surface area (Å²) >= 11 is 12.4. The highest BCUT2D eigenvalue weighted by Crippen LogP contribution is 2.34. The number of hydrogen-bond donors (Lipinski definition) is 1. The summed E-state index contributed by atoms with van der Waals surface area (Å²) in [4.78, 5) is 26.6. The maximum Gasteiger partial charge on any atom is 0.387 e. The van der Waals surface area contributed by atoms with E-state index in [9.17, 15) is 18.4 Å². The van der Waals surface area contributed by atoms with E-state index in [1.54, 1.807) is 30.3 Å². The van der Waals surface area contributed by atoms with E-state index in [0.717, 1.165) is 17.3 Å². The van der Waals surface area contributed by atoms with Crippen LogP contribution in [-0.4, -0.2) is 34.2 Å². The van der Waals surface area contributed by atoms with Crippen molar-refractivity contribution in [1.82, 2.24) is 4.90 Å². The van der Waals surface area contributed by atoms with Gasteiger partial charge in [0.15, 0.2) is 0 Å². The summed E-state index contributed by atoms with van der Waals surface area (Å²) in [6, 6.07) is 11.5. The van der Waals surface area contributed by atoms with Crippen molar-refractivity contribution in [2.24, 2.45) is 0 Å². The molecule has 1 aliphatic rings. The number of thioether (sulfide) groups is 1. The summed E-state index contributed by atoms with van der Waals surface area (Å²) < 4.78 is 30.1. The number of amides is 2. The Hall–Kier alpha value is -2.49. The van der Waals surface area contributed by atoms with Gasteiger partial charge in [-0.25, -0.2) is 0 Å². The van der Waals surface area contributed by atoms with Crippen LogP contribution in [0.4, 0.5) is 14.5 Å². The van der Waals surface area contributed by atoms with E-state index in [0.29, 0.717) is 31.9 Å².